The van der Waals surface area contributed by atoms with Gasteiger partial charge in [0.2, 0.25) is 0 Å². The molecule has 0 aliphatic heterocycles. The highest BCUT2D eigenvalue weighted by Gasteiger charge is 2.20. The Kier molecular flexibility index (Phi) is 5.45. The number of aryl methyl sites for hydroxylation is 1. The molecule has 0 fully saturated rings. The molecule has 0 radical (unpaired) electrons. The van der Waals surface area contributed by atoms with Crippen molar-refractivity contribution in [2.45, 2.75) is 33.1 Å². The van der Waals surface area contributed by atoms with Crippen LogP contribution in [0, 0.1) is 6.92 Å². The number of hydrogen-bond donors (Lipinski definition) is 1. The van der Waals surface area contributed by atoms with Crippen molar-refractivity contribution in [1.82, 2.24) is 0 Å². The molecule has 1 N–H and O–H groups in total. The van der Waals surface area contributed by atoms with Crippen molar-refractivity contribution in [1.29, 1.82) is 0 Å². The van der Waals surface area contributed by atoms with Crippen molar-refractivity contribution in [3.63, 3.8) is 0 Å². The number of ether oxygens (including phenoxy) is 1. The monoisotopic (exact) mass is 323 g/mol. The molecule has 0 aliphatic rings. The number of aliphatic imine (C=N–C) groups is 1. The van der Waals surface area contributed by atoms with E-state index >= 15 is 0 Å². The molecular weight excluding hydrogens is 298 g/mol. The molecule has 0 bridgehead atoms. The van der Waals surface area contributed by atoms with Gasteiger partial charge >= 0.3 is 0 Å². The standard InChI is InChI=1S/C21H25NO2/c1-6-11-24-18-9-7-17(8-10-18)22-14-16-12-15(2)13-19(20(16)23)21(3,4)5/h6-10,12-14,23H,1,11H2,2-5H3. The quantitative estimate of drug-likeness (QED) is 0.598. The van der Waals surface area contributed by atoms with Gasteiger partial charge in [-0.15, -0.1) is 0 Å². The topological polar surface area (TPSA) is 41.8 Å². The lowest BCUT2D eigenvalue weighted by molar-refractivity contribution is 0.363. The first-order chi connectivity index (χ1) is 11.3. The van der Waals surface area contributed by atoms with Gasteiger partial charge in [0.05, 0.1) is 5.69 Å². The summed E-state index contributed by atoms with van der Waals surface area (Å²) in [6.07, 6.45) is 3.41. The molecule has 0 atom stereocenters. The van der Waals surface area contributed by atoms with E-state index < -0.39 is 0 Å². The van der Waals surface area contributed by atoms with Gasteiger partial charge < -0.3 is 9.84 Å². The zero-order chi connectivity index (χ0) is 17.7. The van der Waals surface area contributed by atoms with Crippen LogP contribution in [0.25, 0.3) is 0 Å². The van der Waals surface area contributed by atoms with Crippen molar-refractivity contribution in [2.24, 2.45) is 4.99 Å². The molecule has 2 aromatic carbocycles. The maximum Gasteiger partial charge on any atom is 0.128 e. The highest BCUT2D eigenvalue weighted by molar-refractivity contribution is 5.86. The number of benzene rings is 2. The third-order valence-corrected chi connectivity index (χ3v) is 3.65. The van der Waals surface area contributed by atoms with Crippen LogP contribution in [0.1, 0.15) is 37.5 Å². The highest BCUT2D eigenvalue weighted by atomic mass is 16.5. The Hall–Kier alpha value is -2.55. The van der Waals surface area contributed by atoms with Crippen molar-refractivity contribution in [3.8, 4) is 11.5 Å². The van der Waals surface area contributed by atoms with Gasteiger partial charge in [-0.3, -0.25) is 4.99 Å². The van der Waals surface area contributed by atoms with Crippen LogP contribution in [0.5, 0.6) is 11.5 Å². The third kappa shape index (κ3) is 4.48. The van der Waals surface area contributed by atoms with Crippen LogP contribution in [0.4, 0.5) is 5.69 Å². The SMILES string of the molecule is C=CCOc1ccc(N=Cc2cc(C)cc(C(C)(C)C)c2O)cc1. The first-order valence-electron chi connectivity index (χ1n) is 8.03. The molecule has 3 heteroatoms. The average Bonchev–Trinajstić information content (AvgIpc) is 2.53. The van der Waals surface area contributed by atoms with Gasteiger partial charge in [-0.05, 0) is 48.2 Å². The van der Waals surface area contributed by atoms with Crippen LogP contribution in [0.3, 0.4) is 0 Å². The summed E-state index contributed by atoms with van der Waals surface area (Å²) in [6.45, 7) is 12.4. The Morgan fingerprint density at radius 3 is 2.42 bits per heavy atom. The first-order valence-corrected chi connectivity index (χ1v) is 8.03. The van der Waals surface area contributed by atoms with Gasteiger partial charge in [0.1, 0.15) is 18.1 Å². The predicted octanol–water partition coefficient (Wildman–Crippen LogP) is 5.31. The molecule has 0 saturated carbocycles. The van der Waals surface area contributed by atoms with E-state index in [1.807, 2.05) is 43.3 Å². The van der Waals surface area contributed by atoms with E-state index in [-0.39, 0.29) is 5.41 Å². The smallest absolute Gasteiger partial charge is 0.128 e. The van der Waals surface area contributed by atoms with Gasteiger partial charge in [0, 0.05) is 17.3 Å². The summed E-state index contributed by atoms with van der Waals surface area (Å²) in [7, 11) is 0. The number of phenolic OH excluding ortho intramolecular Hbond substituents is 1. The summed E-state index contributed by atoms with van der Waals surface area (Å²) in [5.74, 6) is 1.07. The Morgan fingerprint density at radius 1 is 1.17 bits per heavy atom. The van der Waals surface area contributed by atoms with Crippen LogP contribution < -0.4 is 4.74 Å². The zero-order valence-electron chi connectivity index (χ0n) is 14.8. The third-order valence-electron chi connectivity index (χ3n) is 3.65. The molecule has 3 nitrogen and oxygen atoms in total. The molecule has 2 aromatic rings. The van der Waals surface area contributed by atoms with Crippen LogP contribution >= 0.6 is 0 Å². The van der Waals surface area contributed by atoms with E-state index in [4.69, 9.17) is 4.74 Å². The van der Waals surface area contributed by atoms with Gasteiger partial charge in [0.25, 0.3) is 0 Å². The van der Waals surface area contributed by atoms with Crippen molar-refractivity contribution in [2.75, 3.05) is 6.61 Å². The van der Waals surface area contributed by atoms with E-state index in [0.717, 1.165) is 28.1 Å². The van der Waals surface area contributed by atoms with Crippen LogP contribution in [-0.2, 0) is 5.41 Å². The van der Waals surface area contributed by atoms with E-state index in [9.17, 15) is 5.11 Å². The fraction of sp³-hybridized carbons (Fsp3) is 0.286. The van der Waals surface area contributed by atoms with Gasteiger partial charge in [-0.2, -0.15) is 0 Å². The molecule has 0 spiro atoms. The molecule has 0 heterocycles. The van der Waals surface area contributed by atoms with E-state index in [1.54, 1.807) is 12.3 Å². The highest BCUT2D eigenvalue weighted by Crippen LogP contribution is 2.34. The normalized spacial score (nSPS) is 11.7. The number of hydrogen-bond acceptors (Lipinski definition) is 3. The summed E-state index contributed by atoms with van der Waals surface area (Å²) in [4.78, 5) is 4.46. The fourth-order valence-electron chi connectivity index (χ4n) is 2.40. The molecule has 0 aliphatic carbocycles. The van der Waals surface area contributed by atoms with Gasteiger partial charge in [-0.25, -0.2) is 0 Å². The Bertz CT molecular complexity index is 738. The van der Waals surface area contributed by atoms with Crippen molar-refractivity contribution >= 4 is 11.9 Å². The zero-order valence-corrected chi connectivity index (χ0v) is 14.8. The lowest BCUT2D eigenvalue weighted by atomic mass is 9.84. The number of phenols is 1. The molecule has 2 rings (SSSR count). The summed E-state index contributed by atoms with van der Waals surface area (Å²) in [5, 5.41) is 10.5. The first kappa shape index (κ1) is 17.8. The van der Waals surface area contributed by atoms with Gasteiger partial charge in [-0.1, -0.05) is 39.5 Å². The largest absolute Gasteiger partial charge is 0.507 e. The van der Waals surface area contributed by atoms with E-state index in [0.29, 0.717) is 12.4 Å². The number of aromatic hydroxyl groups is 1. The minimum Gasteiger partial charge on any atom is -0.507 e. The van der Waals surface area contributed by atoms with Crippen molar-refractivity contribution < 1.29 is 9.84 Å². The molecule has 0 aromatic heterocycles. The van der Waals surface area contributed by atoms with Crippen LogP contribution in [0.15, 0.2) is 54.0 Å². The predicted molar refractivity (Wildman–Crippen MR) is 101 cm³/mol. The van der Waals surface area contributed by atoms with Crippen molar-refractivity contribution in [3.05, 3.63) is 65.7 Å². The van der Waals surface area contributed by atoms with Crippen LogP contribution in [-0.4, -0.2) is 17.9 Å². The Balaban J connectivity index is 2.26. The second-order valence-corrected chi connectivity index (χ2v) is 6.85. The Morgan fingerprint density at radius 2 is 1.83 bits per heavy atom. The Labute approximate surface area is 144 Å². The second kappa shape index (κ2) is 7.35. The second-order valence-electron chi connectivity index (χ2n) is 6.85. The van der Waals surface area contributed by atoms with Crippen LogP contribution in [0.2, 0.25) is 0 Å². The minimum absolute atomic E-state index is 0.122. The lowest BCUT2D eigenvalue weighted by Gasteiger charge is -2.22. The summed E-state index contributed by atoms with van der Waals surface area (Å²) < 4.78 is 5.45. The van der Waals surface area contributed by atoms with E-state index in [1.165, 1.54) is 0 Å². The number of rotatable bonds is 5. The number of nitrogens with zero attached hydrogens (tertiary/aromatic N) is 1. The molecular formula is C21H25NO2. The summed E-state index contributed by atoms with van der Waals surface area (Å²) in [6, 6.07) is 11.5. The summed E-state index contributed by atoms with van der Waals surface area (Å²) in [5.41, 5.74) is 3.44. The fourth-order valence-corrected chi connectivity index (χ4v) is 2.40. The van der Waals surface area contributed by atoms with Gasteiger partial charge in [0.15, 0.2) is 0 Å². The molecule has 126 valence electrons. The average molecular weight is 323 g/mol. The minimum atomic E-state index is -0.122. The molecule has 0 saturated heterocycles. The summed E-state index contributed by atoms with van der Waals surface area (Å²) >= 11 is 0. The van der Waals surface area contributed by atoms with E-state index in [2.05, 4.69) is 32.3 Å². The maximum absolute atomic E-state index is 10.5. The molecule has 24 heavy (non-hydrogen) atoms. The molecule has 0 amide bonds. The molecule has 0 unspecified atom stereocenters. The maximum atomic E-state index is 10.5. The lowest BCUT2D eigenvalue weighted by Crippen LogP contribution is -2.12.